The second kappa shape index (κ2) is 13.6. The fraction of sp³-hybridized carbons (Fsp3) is 0. The van der Waals surface area contributed by atoms with E-state index in [1.165, 1.54) is 15.2 Å². The molecule has 64 heavy (non-hydrogen) atoms. The van der Waals surface area contributed by atoms with Crippen molar-refractivity contribution in [2.24, 2.45) is 0 Å². The topological polar surface area (TPSA) is 27.7 Å². The summed E-state index contributed by atoms with van der Waals surface area (Å²) in [6, 6.07) is 29.1. The molecule has 9 aromatic carbocycles. The maximum absolute atomic E-state index is 9.55. The van der Waals surface area contributed by atoms with Gasteiger partial charge in [-0.25, -0.2) is 4.98 Å². The summed E-state index contributed by atoms with van der Waals surface area (Å²) < 4.78 is 153. The summed E-state index contributed by atoms with van der Waals surface area (Å²) in [4.78, 5) is 5.48. The van der Waals surface area contributed by atoms with Gasteiger partial charge in [0, 0.05) is 64.1 Å². The van der Waals surface area contributed by atoms with Gasteiger partial charge in [-0.1, -0.05) is 151 Å². The highest BCUT2D eigenvalue weighted by atomic mass is 32.1. The summed E-state index contributed by atoms with van der Waals surface area (Å²) in [6.45, 7) is 0. The van der Waals surface area contributed by atoms with Gasteiger partial charge in [0.15, 0.2) is 0 Å². The second-order valence-corrected chi connectivity index (χ2v) is 16.6. The molecule has 0 bridgehead atoms. The molecule has 0 fully saturated rings. The molecule has 0 amide bonds. The summed E-state index contributed by atoms with van der Waals surface area (Å²) in [5, 5.41) is 2.99. The number of pyridine rings is 1. The second-order valence-electron chi connectivity index (χ2n) is 15.5. The molecule has 14 rings (SSSR count). The van der Waals surface area contributed by atoms with Crippen LogP contribution in [0.2, 0.25) is 0 Å². The van der Waals surface area contributed by atoms with Crippen molar-refractivity contribution in [3.63, 3.8) is 0 Å². The fourth-order valence-electron chi connectivity index (χ4n) is 9.60. The molecule has 0 N–H and O–H groups in total. The molecule has 14 aromatic rings. The SMILES string of the molecule is [2H]c1c([2H])c([2H])c2c(c1[2H])c1c([2H])c([2H])c([2H])c([2H])c1n2-c1cc(-c2c(-c3cccc4sc5ccccc5c34)cccc2-n2c3ccccc3c3ccccc32)nc(-n2c3c([2H])c([2H])c([2H])c([2H])c3c3c([2H])c([2H])c([2H])c([2H])c32)c1. The number of para-hydroxylation sites is 6. The molecule has 0 atom stereocenters. The average Bonchev–Trinajstić information content (AvgIpc) is 4.38. The highest BCUT2D eigenvalue weighted by Gasteiger charge is 2.25. The third-order valence-electron chi connectivity index (χ3n) is 12.2. The first-order chi connectivity index (χ1) is 38.4. The van der Waals surface area contributed by atoms with Crippen molar-refractivity contribution in [3.05, 3.63) is 218 Å². The Hall–Kier alpha value is -8.25. The number of hydrogen-bond donors (Lipinski definition) is 0. The van der Waals surface area contributed by atoms with Crippen molar-refractivity contribution >= 4 is 96.9 Å². The van der Waals surface area contributed by atoms with Gasteiger partial charge in [-0.15, -0.1) is 11.3 Å². The zero-order valence-electron chi connectivity index (χ0n) is 49.2. The smallest absolute Gasteiger partial charge is 0.140 e. The Balaban J connectivity index is 1.26. The van der Waals surface area contributed by atoms with Gasteiger partial charge >= 0.3 is 0 Å². The Morgan fingerprint density at radius 2 is 0.891 bits per heavy atom. The zero-order valence-corrected chi connectivity index (χ0v) is 34.1. The lowest BCUT2D eigenvalue weighted by molar-refractivity contribution is 1.06. The first kappa shape index (κ1) is 23.3. The van der Waals surface area contributed by atoms with Crippen LogP contribution in [-0.2, 0) is 0 Å². The Labute approximate surface area is 394 Å². The van der Waals surface area contributed by atoms with Crippen LogP contribution in [0.1, 0.15) is 21.9 Å². The fourth-order valence-corrected chi connectivity index (χ4v) is 10.7. The molecule has 298 valence electrons. The maximum atomic E-state index is 9.55. The van der Waals surface area contributed by atoms with Crippen LogP contribution in [0.5, 0.6) is 0 Å². The van der Waals surface area contributed by atoms with Gasteiger partial charge in [0.1, 0.15) is 5.82 Å². The minimum Gasteiger partial charge on any atom is -0.309 e. The van der Waals surface area contributed by atoms with Crippen molar-refractivity contribution in [2.75, 3.05) is 0 Å². The van der Waals surface area contributed by atoms with E-state index in [9.17, 15) is 11.0 Å². The molecule has 5 aromatic heterocycles. The first-order valence-corrected chi connectivity index (χ1v) is 21.3. The van der Waals surface area contributed by atoms with Gasteiger partial charge in [0.25, 0.3) is 0 Å². The quantitative estimate of drug-likeness (QED) is 0.170. The number of hydrogen-bond acceptors (Lipinski definition) is 2. The molecule has 0 unspecified atom stereocenters. The Morgan fingerprint density at radius 3 is 1.52 bits per heavy atom. The molecule has 0 aliphatic rings. The van der Waals surface area contributed by atoms with Crippen LogP contribution in [0, 0.1) is 0 Å². The summed E-state index contributed by atoms with van der Waals surface area (Å²) >= 11 is 1.63. The number of rotatable bonds is 5. The van der Waals surface area contributed by atoms with E-state index in [1.54, 1.807) is 17.4 Å². The van der Waals surface area contributed by atoms with Gasteiger partial charge in [-0.3, -0.25) is 4.57 Å². The molecule has 0 aliphatic heterocycles. The lowest BCUT2D eigenvalue weighted by Gasteiger charge is -2.21. The van der Waals surface area contributed by atoms with Gasteiger partial charge in [0.2, 0.25) is 0 Å². The molecule has 0 aliphatic carbocycles. The molecule has 0 saturated carbocycles. The summed E-state index contributed by atoms with van der Waals surface area (Å²) in [7, 11) is 0. The lowest BCUT2D eigenvalue weighted by atomic mass is 9.92. The standard InChI is InChI=1S/C59H36N4S/c1-8-26-48-38(17-1)39-18-2-9-27-49(39)61(48)37-35-47(60-57(36-37)63-52-30-12-5-21-42(52)43-22-6-13-31-53(43)63)59-45(44-25-16-34-56-58(44)46-23-7-14-33-55(46)64-56)24-15-32-54(59)62-50-28-10-3-19-40(50)41-20-4-11-29-51(41)62/h1-36H/i1D,2D,5D,6D,8D,9D,12D,13D,17D,18D,21D,22D,26D,27D,30D,31D. The molecular weight excluding hydrogens is 797 g/mol. The first-order valence-electron chi connectivity index (χ1n) is 28.5. The number of fused-ring (bicyclic) bond motifs is 12. The van der Waals surface area contributed by atoms with Crippen molar-refractivity contribution < 1.29 is 21.9 Å². The Kier molecular flexibility index (Phi) is 4.95. The van der Waals surface area contributed by atoms with Crippen LogP contribution in [0.4, 0.5) is 0 Å². The summed E-state index contributed by atoms with van der Waals surface area (Å²) in [5.74, 6) is -0.175. The van der Waals surface area contributed by atoms with Crippen molar-refractivity contribution in [2.45, 2.75) is 0 Å². The summed E-state index contributed by atoms with van der Waals surface area (Å²) in [6.07, 6.45) is 0. The van der Waals surface area contributed by atoms with Crippen LogP contribution in [0.15, 0.2) is 218 Å². The Morgan fingerprint density at radius 1 is 0.391 bits per heavy atom. The molecule has 5 heterocycles. The molecular formula is C59H36N4S. The number of benzene rings is 9. The van der Waals surface area contributed by atoms with Crippen molar-refractivity contribution in [3.8, 4) is 39.6 Å². The molecule has 0 radical (unpaired) electrons. The van der Waals surface area contributed by atoms with E-state index < -0.39 is 96.7 Å². The predicted octanol–water partition coefficient (Wildman–Crippen LogP) is 16.1. The molecule has 0 saturated heterocycles. The minimum absolute atomic E-state index is 0.0129. The van der Waals surface area contributed by atoms with Crippen LogP contribution >= 0.6 is 11.3 Å². The third-order valence-corrected chi connectivity index (χ3v) is 13.3. The van der Waals surface area contributed by atoms with Crippen molar-refractivity contribution in [1.29, 1.82) is 0 Å². The van der Waals surface area contributed by atoms with E-state index in [1.807, 2.05) is 91.0 Å². The van der Waals surface area contributed by atoms with Gasteiger partial charge in [-0.2, -0.15) is 0 Å². The van der Waals surface area contributed by atoms with E-state index in [0.29, 0.717) is 16.8 Å². The van der Waals surface area contributed by atoms with Crippen LogP contribution in [-0.4, -0.2) is 18.7 Å². The molecule has 0 spiro atoms. The molecule has 5 heteroatoms. The van der Waals surface area contributed by atoms with E-state index in [2.05, 4.69) is 22.8 Å². The lowest BCUT2D eigenvalue weighted by Crippen LogP contribution is -2.06. The van der Waals surface area contributed by atoms with E-state index in [0.717, 1.165) is 47.5 Å². The normalized spacial score (nSPS) is 15.6. The van der Waals surface area contributed by atoms with Gasteiger partial charge < -0.3 is 9.13 Å². The van der Waals surface area contributed by atoms with Crippen LogP contribution in [0.3, 0.4) is 0 Å². The number of aromatic nitrogens is 4. The zero-order chi connectivity index (χ0) is 55.8. The maximum Gasteiger partial charge on any atom is 0.140 e. The number of thiophene rings is 1. The van der Waals surface area contributed by atoms with Crippen LogP contribution < -0.4 is 0 Å². The van der Waals surface area contributed by atoms with E-state index in [4.69, 9.17) is 16.0 Å². The van der Waals surface area contributed by atoms with E-state index >= 15 is 0 Å². The van der Waals surface area contributed by atoms with Gasteiger partial charge in [-0.05, 0) is 71.7 Å². The average molecular weight is 849 g/mol. The van der Waals surface area contributed by atoms with E-state index in [-0.39, 0.29) is 60.8 Å². The Bertz CT molecular complexity index is 4780. The third kappa shape index (κ3) is 5.01. The predicted molar refractivity (Wildman–Crippen MR) is 271 cm³/mol. The van der Waals surface area contributed by atoms with Crippen molar-refractivity contribution in [1.82, 2.24) is 18.7 Å². The largest absolute Gasteiger partial charge is 0.309 e. The van der Waals surface area contributed by atoms with Crippen LogP contribution in [0.25, 0.3) is 125 Å². The number of nitrogens with zero attached hydrogens (tertiary/aromatic N) is 4. The molecule has 4 nitrogen and oxygen atoms in total. The minimum atomic E-state index is -0.664. The highest BCUT2D eigenvalue weighted by molar-refractivity contribution is 7.25. The monoisotopic (exact) mass is 848 g/mol. The highest BCUT2D eigenvalue weighted by Crippen LogP contribution is 2.47. The van der Waals surface area contributed by atoms with Gasteiger partial charge in [0.05, 0.1) is 72.1 Å². The summed E-state index contributed by atoms with van der Waals surface area (Å²) in [5.41, 5.74) is 3.44.